The van der Waals surface area contributed by atoms with Crippen molar-refractivity contribution < 1.29 is 9.53 Å². The van der Waals surface area contributed by atoms with E-state index in [1.807, 2.05) is 0 Å². The molecule has 1 atom stereocenters. The van der Waals surface area contributed by atoms with E-state index in [4.69, 9.17) is 10.5 Å². The van der Waals surface area contributed by atoms with E-state index < -0.39 is 22.6 Å². The van der Waals surface area contributed by atoms with Crippen LogP contribution in [-0.2, 0) is 16.6 Å². The van der Waals surface area contributed by atoms with E-state index in [-0.39, 0.29) is 11.7 Å². The molecule has 1 aliphatic carbocycles. The molecule has 0 saturated heterocycles. The standard InChI is InChI=1S/C11H16N4O4S/c1-15-10(13-7(16)8(17)14-15)20-5-11(12,6-3-4-6)9(18)19-2/h6H,3-5,12H2,1-2H3,(H,14,17). The fourth-order valence-electron chi connectivity index (χ4n) is 1.91. The molecule has 110 valence electrons. The number of hydrogen-bond donors (Lipinski definition) is 2. The van der Waals surface area contributed by atoms with Gasteiger partial charge in [-0.3, -0.25) is 24.2 Å². The Bertz CT molecular complexity index is 636. The molecule has 1 aromatic heterocycles. The summed E-state index contributed by atoms with van der Waals surface area (Å²) in [6.07, 6.45) is 1.76. The van der Waals surface area contributed by atoms with Crippen LogP contribution in [0.3, 0.4) is 0 Å². The Labute approximate surface area is 118 Å². The Kier molecular flexibility index (Phi) is 4.00. The zero-order valence-corrected chi connectivity index (χ0v) is 12.0. The minimum Gasteiger partial charge on any atom is -0.468 e. The number of aromatic amines is 1. The molecule has 0 bridgehead atoms. The summed E-state index contributed by atoms with van der Waals surface area (Å²) in [7, 11) is 2.86. The monoisotopic (exact) mass is 300 g/mol. The van der Waals surface area contributed by atoms with Crippen LogP contribution in [0.15, 0.2) is 14.7 Å². The van der Waals surface area contributed by atoms with Crippen molar-refractivity contribution in [3.8, 4) is 0 Å². The highest BCUT2D eigenvalue weighted by Crippen LogP contribution is 2.41. The second kappa shape index (κ2) is 5.41. The maximum absolute atomic E-state index is 11.8. The van der Waals surface area contributed by atoms with Crippen molar-refractivity contribution in [3.63, 3.8) is 0 Å². The smallest absolute Gasteiger partial charge is 0.339 e. The number of esters is 1. The molecule has 1 unspecified atom stereocenters. The van der Waals surface area contributed by atoms with Crippen LogP contribution < -0.4 is 16.9 Å². The van der Waals surface area contributed by atoms with Crippen LogP contribution in [0.25, 0.3) is 0 Å². The largest absolute Gasteiger partial charge is 0.468 e. The van der Waals surface area contributed by atoms with E-state index in [0.717, 1.165) is 24.6 Å². The molecule has 0 aliphatic heterocycles. The summed E-state index contributed by atoms with van der Waals surface area (Å²) in [5, 5.41) is 2.64. The topological polar surface area (TPSA) is 120 Å². The minimum atomic E-state index is -1.09. The number of rotatable bonds is 5. The highest BCUT2D eigenvalue weighted by atomic mass is 32.2. The van der Waals surface area contributed by atoms with Gasteiger partial charge in [0.15, 0.2) is 5.16 Å². The molecule has 0 spiro atoms. The molecule has 0 amide bonds. The number of H-pyrrole nitrogens is 1. The fourth-order valence-corrected chi connectivity index (χ4v) is 3.01. The van der Waals surface area contributed by atoms with Crippen molar-refractivity contribution in [3.05, 3.63) is 20.7 Å². The van der Waals surface area contributed by atoms with Crippen molar-refractivity contribution in [2.75, 3.05) is 12.9 Å². The van der Waals surface area contributed by atoms with Gasteiger partial charge in [0, 0.05) is 12.8 Å². The van der Waals surface area contributed by atoms with Gasteiger partial charge in [-0.05, 0) is 18.8 Å². The molecular formula is C11H16N4O4S. The van der Waals surface area contributed by atoms with Crippen LogP contribution >= 0.6 is 11.8 Å². The number of nitrogens with one attached hydrogen (secondary N) is 1. The van der Waals surface area contributed by atoms with Gasteiger partial charge in [-0.2, -0.15) is 4.98 Å². The molecule has 1 aliphatic rings. The van der Waals surface area contributed by atoms with Crippen LogP contribution in [-0.4, -0.2) is 39.1 Å². The van der Waals surface area contributed by atoms with Crippen molar-refractivity contribution in [1.82, 2.24) is 14.8 Å². The van der Waals surface area contributed by atoms with Gasteiger partial charge in [0.2, 0.25) is 0 Å². The summed E-state index contributed by atoms with van der Waals surface area (Å²) in [5.74, 6) is -0.152. The summed E-state index contributed by atoms with van der Waals surface area (Å²) in [6, 6.07) is 0. The van der Waals surface area contributed by atoms with Gasteiger partial charge < -0.3 is 10.5 Å². The number of methoxy groups -OCH3 is 1. The number of ether oxygens (including phenoxy) is 1. The molecule has 0 aromatic carbocycles. The molecule has 9 heteroatoms. The molecule has 0 radical (unpaired) electrons. The third kappa shape index (κ3) is 2.78. The highest BCUT2D eigenvalue weighted by Gasteiger charge is 2.49. The number of nitrogens with two attached hydrogens (primary N) is 1. The lowest BCUT2D eigenvalue weighted by atomic mass is 9.97. The van der Waals surface area contributed by atoms with Crippen LogP contribution in [0, 0.1) is 5.92 Å². The summed E-state index contributed by atoms with van der Waals surface area (Å²) in [5.41, 5.74) is 3.40. The molecule has 2 rings (SSSR count). The van der Waals surface area contributed by atoms with E-state index in [1.54, 1.807) is 7.05 Å². The number of hydrogen-bond acceptors (Lipinski definition) is 7. The van der Waals surface area contributed by atoms with Gasteiger partial charge >= 0.3 is 17.1 Å². The van der Waals surface area contributed by atoms with Crippen LogP contribution in [0.5, 0.6) is 0 Å². The molecule has 20 heavy (non-hydrogen) atoms. The predicted octanol–water partition coefficient (Wildman–Crippen LogP) is -1.16. The molecule has 1 saturated carbocycles. The van der Waals surface area contributed by atoms with E-state index in [1.165, 1.54) is 11.8 Å². The second-order valence-corrected chi connectivity index (χ2v) is 5.74. The lowest BCUT2D eigenvalue weighted by molar-refractivity contribution is -0.146. The molecule has 1 aromatic rings. The summed E-state index contributed by atoms with van der Waals surface area (Å²) in [4.78, 5) is 37.8. The Hall–Kier alpha value is -1.61. The van der Waals surface area contributed by atoms with Crippen molar-refractivity contribution in [1.29, 1.82) is 0 Å². The van der Waals surface area contributed by atoms with E-state index in [0.29, 0.717) is 5.16 Å². The Morgan fingerprint density at radius 2 is 2.25 bits per heavy atom. The van der Waals surface area contributed by atoms with Crippen molar-refractivity contribution >= 4 is 17.7 Å². The quantitative estimate of drug-likeness (QED) is 0.400. The Morgan fingerprint density at radius 1 is 1.60 bits per heavy atom. The second-order valence-electron chi connectivity index (χ2n) is 4.79. The fraction of sp³-hybridized carbons (Fsp3) is 0.636. The summed E-state index contributed by atoms with van der Waals surface area (Å²) in [6.45, 7) is 0. The third-order valence-corrected chi connectivity index (χ3v) is 4.50. The van der Waals surface area contributed by atoms with Crippen molar-refractivity contribution in [2.24, 2.45) is 18.7 Å². The maximum atomic E-state index is 11.8. The average Bonchev–Trinajstić information content (AvgIpc) is 3.24. The average molecular weight is 300 g/mol. The third-order valence-electron chi connectivity index (χ3n) is 3.26. The number of carbonyl (C=O) groups excluding carboxylic acids is 1. The van der Waals surface area contributed by atoms with Gasteiger partial charge in [-0.15, -0.1) is 0 Å². The first-order chi connectivity index (χ1) is 9.38. The first-order valence-corrected chi connectivity index (χ1v) is 7.04. The summed E-state index contributed by atoms with van der Waals surface area (Å²) >= 11 is 1.14. The first kappa shape index (κ1) is 14.8. The van der Waals surface area contributed by atoms with Crippen LogP contribution in [0.2, 0.25) is 0 Å². The van der Waals surface area contributed by atoms with E-state index >= 15 is 0 Å². The number of aromatic nitrogens is 3. The number of thioether (sulfide) groups is 1. The van der Waals surface area contributed by atoms with Crippen LogP contribution in [0.4, 0.5) is 0 Å². The Morgan fingerprint density at radius 3 is 2.80 bits per heavy atom. The molecule has 8 nitrogen and oxygen atoms in total. The normalized spacial score (nSPS) is 17.6. The predicted molar refractivity (Wildman–Crippen MR) is 72.5 cm³/mol. The Balaban J connectivity index is 2.18. The molecular weight excluding hydrogens is 284 g/mol. The minimum absolute atomic E-state index is 0.0854. The van der Waals surface area contributed by atoms with Crippen LogP contribution in [0.1, 0.15) is 12.8 Å². The van der Waals surface area contributed by atoms with Gasteiger partial charge in [-0.1, -0.05) is 11.8 Å². The molecule has 1 heterocycles. The zero-order chi connectivity index (χ0) is 14.9. The van der Waals surface area contributed by atoms with Gasteiger partial charge in [0.1, 0.15) is 5.54 Å². The van der Waals surface area contributed by atoms with Gasteiger partial charge in [0.25, 0.3) is 0 Å². The molecule has 1 fully saturated rings. The first-order valence-electron chi connectivity index (χ1n) is 6.06. The van der Waals surface area contributed by atoms with Gasteiger partial charge in [0.05, 0.1) is 7.11 Å². The number of nitrogens with zero attached hydrogens (tertiary/aromatic N) is 2. The summed E-state index contributed by atoms with van der Waals surface area (Å²) < 4.78 is 6.09. The lowest BCUT2D eigenvalue weighted by Gasteiger charge is -2.25. The van der Waals surface area contributed by atoms with Crippen molar-refractivity contribution in [2.45, 2.75) is 23.5 Å². The number of carbonyl (C=O) groups is 1. The SMILES string of the molecule is COC(=O)C(N)(CSc1nc(=O)c(=O)[nH]n1C)C1CC1. The highest BCUT2D eigenvalue weighted by molar-refractivity contribution is 7.99. The molecule has 3 N–H and O–H groups in total. The number of aryl methyl sites for hydroxylation is 1. The maximum Gasteiger partial charge on any atom is 0.339 e. The van der Waals surface area contributed by atoms with E-state index in [2.05, 4.69) is 10.1 Å². The van der Waals surface area contributed by atoms with E-state index in [9.17, 15) is 14.4 Å². The zero-order valence-electron chi connectivity index (χ0n) is 11.2. The van der Waals surface area contributed by atoms with Gasteiger partial charge in [-0.25, -0.2) is 0 Å². The lowest BCUT2D eigenvalue weighted by Crippen LogP contribution is -2.53.